The number of amides is 1. The quantitative estimate of drug-likeness (QED) is 0.530. The molecule has 1 N–H and O–H groups in total. The molecule has 0 spiro atoms. The van der Waals surface area contributed by atoms with Crippen LogP contribution in [0.15, 0.2) is 45.9 Å². The number of carbonyl (C=O) groups excluding carboxylic acids is 2. The molecule has 0 aliphatic rings. The molecule has 10 heteroatoms. The Morgan fingerprint density at radius 2 is 1.90 bits per heavy atom. The van der Waals surface area contributed by atoms with Crippen molar-refractivity contribution in [2.75, 3.05) is 0 Å². The van der Waals surface area contributed by atoms with E-state index >= 15 is 0 Å². The van der Waals surface area contributed by atoms with Crippen molar-refractivity contribution in [3.63, 3.8) is 0 Å². The van der Waals surface area contributed by atoms with Crippen molar-refractivity contribution in [2.45, 2.75) is 39.5 Å². The molecule has 0 bridgehead atoms. The first-order chi connectivity index (χ1) is 14.5. The van der Waals surface area contributed by atoms with Crippen LogP contribution in [0.4, 0.5) is 0 Å². The molecule has 31 heavy (non-hydrogen) atoms. The summed E-state index contributed by atoms with van der Waals surface area (Å²) >= 11 is 9.10. The third-order valence-electron chi connectivity index (χ3n) is 4.08. The zero-order valence-corrected chi connectivity index (χ0v) is 19.5. The summed E-state index contributed by atoms with van der Waals surface area (Å²) in [6.45, 7) is 4.97. The minimum absolute atomic E-state index is 0.155. The number of hydrogen-bond acceptors (Lipinski definition) is 6. The summed E-state index contributed by atoms with van der Waals surface area (Å²) in [4.78, 5) is 46.7. The van der Waals surface area contributed by atoms with E-state index in [2.05, 4.69) is 31.2 Å². The first-order valence-electron chi connectivity index (χ1n) is 9.34. The number of pyridine rings is 1. The lowest BCUT2D eigenvalue weighted by molar-refractivity contribution is -0.155. The summed E-state index contributed by atoms with van der Waals surface area (Å²) in [5.74, 6) is -1.22. The summed E-state index contributed by atoms with van der Waals surface area (Å²) in [6.07, 6.45) is 1.41. The molecule has 0 aliphatic carbocycles. The minimum Gasteiger partial charge on any atom is -0.459 e. The van der Waals surface area contributed by atoms with Gasteiger partial charge >= 0.3 is 5.97 Å². The largest absolute Gasteiger partial charge is 0.459 e. The van der Waals surface area contributed by atoms with Crippen molar-refractivity contribution in [1.82, 2.24) is 19.9 Å². The van der Waals surface area contributed by atoms with E-state index < -0.39 is 29.6 Å². The van der Waals surface area contributed by atoms with Gasteiger partial charge in [0.1, 0.15) is 27.8 Å². The van der Waals surface area contributed by atoms with Crippen LogP contribution in [0, 0.1) is 0 Å². The Morgan fingerprint density at radius 1 is 1.23 bits per heavy atom. The lowest BCUT2D eigenvalue weighted by Crippen LogP contribution is -2.36. The number of fused-ring (bicyclic) bond motifs is 1. The maximum atomic E-state index is 13.1. The summed E-state index contributed by atoms with van der Waals surface area (Å²) < 4.78 is 6.84. The first kappa shape index (κ1) is 22.9. The molecule has 3 rings (SSSR count). The van der Waals surface area contributed by atoms with Gasteiger partial charge in [-0.2, -0.15) is 0 Å². The summed E-state index contributed by atoms with van der Waals surface area (Å²) in [6, 6.07) is 8.32. The van der Waals surface area contributed by atoms with Crippen LogP contribution in [0.1, 0.15) is 36.7 Å². The van der Waals surface area contributed by atoms with E-state index in [-0.39, 0.29) is 23.3 Å². The molecule has 0 saturated carbocycles. The fourth-order valence-corrected chi connectivity index (χ4v) is 3.23. The standard InChI is InChI=1S/C21H20BrClN4O4/c1-21(2,3)31-17(28)11-27-18-15(26-16(22)10-24-18)8-14(20(27)30)19(29)25-9-12-4-6-13(23)7-5-12/h4-8,10H,9,11H2,1-3H3,(H,25,29). The fraction of sp³-hybridized carbons (Fsp3) is 0.286. The van der Waals surface area contributed by atoms with Crippen LogP contribution in [-0.4, -0.2) is 32.0 Å². The zero-order valence-electron chi connectivity index (χ0n) is 17.1. The van der Waals surface area contributed by atoms with Gasteiger partial charge < -0.3 is 10.1 Å². The number of nitrogens with zero attached hydrogens (tertiary/aromatic N) is 3. The highest BCUT2D eigenvalue weighted by Gasteiger charge is 2.22. The predicted molar refractivity (Wildman–Crippen MR) is 120 cm³/mol. The molecule has 0 radical (unpaired) electrons. The molecule has 1 amide bonds. The average Bonchev–Trinajstić information content (AvgIpc) is 2.67. The fourth-order valence-electron chi connectivity index (χ4n) is 2.81. The topological polar surface area (TPSA) is 103 Å². The summed E-state index contributed by atoms with van der Waals surface area (Å²) in [7, 11) is 0. The molecule has 162 valence electrons. The number of benzene rings is 1. The normalized spacial score (nSPS) is 11.4. The van der Waals surface area contributed by atoms with Crippen molar-refractivity contribution >= 4 is 50.6 Å². The summed E-state index contributed by atoms with van der Waals surface area (Å²) in [5.41, 5.74) is -0.266. The number of ether oxygens (including phenoxy) is 1. The molecule has 8 nitrogen and oxygen atoms in total. The monoisotopic (exact) mass is 506 g/mol. The van der Waals surface area contributed by atoms with Crippen molar-refractivity contribution in [3.8, 4) is 0 Å². The van der Waals surface area contributed by atoms with Gasteiger partial charge in [-0.3, -0.25) is 19.0 Å². The van der Waals surface area contributed by atoms with Gasteiger partial charge in [-0.25, -0.2) is 9.97 Å². The zero-order chi connectivity index (χ0) is 22.8. The number of halogens is 2. The first-order valence-corrected chi connectivity index (χ1v) is 10.5. The Hall–Kier alpha value is -2.78. The molecule has 0 aliphatic heterocycles. The molecule has 0 atom stereocenters. The van der Waals surface area contributed by atoms with Gasteiger partial charge in [0.2, 0.25) is 0 Å². The van der Waals surface area contributed by atoms with Gasteiger partial charge in [-0.1, -0.05) is 23.7 Å². The van der Waals surface area contributed by atoms with Gasteiger partial charge in [-0.05, 0) is 60.5 Å². The summed E-state index contributed by atoms with van der Waals surface area (Å²) in [5, 5.41) is 3.28. The van der Waals surface area contributed by atoms with Gasteiger partial charge in [-0.15, -0.1) is 0 Å². The minimum atomic E-state index is -0.723. The van der Waals surface area contributed by atoms with Crippen molar-refractivity contribution in [1.29, 1.82) is 0 Å². The van der Waals surface area contributed by atoms with Gasteiger partial charge in [0.15, 0.2) is 5.65 Å². The second-order valence-electron chi connectivity index (χ2n) is 7.75. The molecule has 2 heterocycles. The number of esters is 1. The van der Waals surface area contributed by atoms with Crippen LogP contribution in [0.5, 0.6) is 0 Å². The van der Waals surface area contributed by atoms with Gasteiger partial charge in [0, 0.05) is 11.6 Å². The van der Waals surface area contributed by atoms with E-state index in [1.54, 1.807) is 45.0 Å². The predicted octanol–water partition coefficient (Wildman–Crippen LogP) is 3.48. The molecule has 0 fully saturated rings. The SMILES string of the molecule is CC(C)(C)OC(=O)Cn1c(=O)c(C(=O)NCc2ccc(Cl)cc2)cc2nc(Br)cnc21. The van der Waals surface area contributed by atoms with Gasteiger partial charge in [0.25, 0.3) is 11.5 Å². The van der Waals surface area contributed by atoms with E-state index in [0.717, 1.165) is 10.1 Å². The van der Waals surface area contributed by atoms with Crippen LogP contribution in [0.2, 0.25) is 5.02 Å². The Balaban J connectivity index is 1.96. The van der Waals surface area contributed by atoms with Crippen LogP contribution in [0.25, 0.3) is 11.2 Å². The van der Waals surface area contributed by atoms with E-state index in [4.69, 9.17) is 16.3 Å². The Bertz CT molecular complexity index is 1200. The smallest absolute Gasteiger partial charge is 0.326 e. The number of rotatable bonds is 5. The van der Waals surface area contributed by atoms with Crippen LogP contribution in [0.3, 0.4) is 0 Å². The maximum absolute atomic E-state index is 13.1. The van der Waals surface area contributed by atoms with E-state index in [1.807, 2.05) is 0 Å². The van der Waals surface area contributed by atoms with E-state index in [1.165, 1.54) is 12.3 Å². The Morgan fingerprint density at radius 3 is 2.55 bits per heavy atom. The highest BCUT2D eigenvalue weighted by atomic mass is 79.9. The molecule has 0 unspecified atom stereocenters. The number of hydrogen-bond donors (Lipinski definition) is 1. The lowest BCUT2D eigenvalue weighted by Gasteiger charge is -2.20. The third kappa shape index (κ3) is 5.89. The van der Waals surface area contributed by atoms with E-state index in [0.29, 0.717) is 9.63 Å². The van der Waals surface area contributed by atoms with Crippen LogP contribution in [-0.2, 0) is 22.6 Å². The van der Waals surface area contributed by atoms with Crippen molar-refractivity contribution in [3.05, 3.63) is 67.6 Å². The van der Waals surface area contributed by atoms with E-state index in [9.17, 15) is 14.4 Å². The van der Waals surface area contributed by atoms with Gasteiger partial charge in [0.05, 0.1) is 6.20 Å². The Kier molecular flexibility index (Phi) is 6.76. The highest BCUT2D eigenvalue weighted by Crippen LogP contribution is 2.15. The maximum Gasteiger partial charge on any atom is 0.326 e. The number of aromatic nitrogens is 3. The molecule has 1 aromatic carbocycles. The van der Waals surface area contributed by atoms with Crippen molar-refractivity contribution < 1.29 is 14.3 Å². The molecular formula is C21H20BrClN4O4. The lowest BCUT2D eigenvalue weighted by atomic mass is 10.2. The number of nitrogens with one attached hydrogen (secondary N) is 1. The molecule has 3 aromatic rings. The number of carbonyl (C=O) groups is 2. The molecule has 2 aromatic heterocycles. The molecule has 0 saturated heterocycles. The molecular weight excluding hydrogens is 488 g/mol. The third-order valence-corrected chi connectivity index (χ3v) is 4.71. The van der Waals surface area contributed by atoms with Crippen LogP contribution >= 0.6 is 27.5 Å². The average molecular weight is 508 g/mol. The van der Waals surface area contributed by atoms with Crippen LogP contribution < -0.4 is 10.9 Å². The van der Waals surface area contributed by atoms with Crippen molar-refractivity contribution in [2.24, 2.45) is 0 Å². The second kappa shape index (κ2) is 9.15. The second-order valence-corrected chi connectivity index (χ2v) is 9.00. The highest BCUT2D eigenvalue weighted by molar-refractivity contribution is 9.10. The Labute approximate surface area is 191 Å².